The molecule has 24 heavy (non-hydrogen) atoms. The summed E-state index contributed by atoms with van der Waals surface area (Å²) in [5.74, 6) is 1.20. The molecule has 124 valence electrons. The summed E-state index contributed by atoms with van der Waals surface area (Å²) in [6.45, 7) is 5.13. The number of rotatable bonds is 3. The van der Waals surface area contributed by atoms with E-state index in [1.807, 2.05) is 32.0 Å². The van der Waals surface area contributed by atoms with Crippen molar-refractivity contribution in [1.82, 2.24) is 20.0 Å². The maximum Gasteiger partial charge on any atom is 0.244 e. The van der Waals surface area contributed by atoms with E-state index in [0.717, 1.165) is 16.6 Å². The summed E-state index contributed by atoms with van der Waals surface area (Å²) in [6, 6.07) is 10.2. The van der Waals surface area contributed by atoms with Crippen LogP contribution in [0.3, 0.4) is 0 Å². The molecule has 1 saturated heterocycles. The van der Waals surface area contributed by atoms with Crippen molar-refractivity contribution in [2.75, 3.05) is 6.54 Å². The van der Waals surface area contributed by atoms with Crippen LogP contribution in [0, 0.1) is 13.8 Å². The first-order valence-corrected chi connectivity index (χ1v) is 8.18. The van der Waals surface area contributed by atoms with E-state index in [4.69, 9.17) is 4.52 Å². The van der Waals surface area contributed by atoms with Crippen LogP contribution in [0.2, 0.25) is 0 Å². The summed E-state index contributed by atoms with van der Waals surface area (Å²) in [6.07, 6.45) is 0.236. The number of fused-ring (bicyclic) bond motifs is 1. The third kappa shape index (κ3) is 2.79. The molecule has 1 N–H and O–H groups in total. The van der Waals surface area contributed by atoms with Crippen LogP contribution in [0.5, 0.6) is 0 Å². The fraction of sp³-hybridized carbons (Fsp3) is 0.389. The predicted octanol–water partition coefficient (Wildman–Crippen LogP) is 2.54. The lowest BCUT2D eigenvalue weighted by molar-refractivity contribution is 0.169. The molecule has 0 saturated carbocycles. The molecule has 0 bridgehead atoms. The monoisotopic (exact) mass is 324 g/mol. The Kier molecular flexibility index (Phi) is 3.78. The first-order chi connectivity index (χ1) is 11.6. The summed E-state index contributed by atoms with van der Waals surface area (Å²) >= 11 is 0. The molecule has 3 aromatic rings. The number of aryl methyl sites for hydroxylation is 2. The number of pyridine rings is 1. The molecule has 1 fully saturated rings. The zero-order chi connectivity index (χ0) is 16.7. The van der Waals surface area contributed by atoms with Crippen LogP contribution in [0.4, 0.5) is 0 Å². The first-order valence-electron chi connectivity index (χ1n) is 8.18. The number of aliphatic hydroxyl groups excluding tert-OH is 1. The van der Waals surface area contributed by atoms with Gasteiger partial charge in [0.2, 0.25) is 5.89 Å². The van der Waals surface area contributed by atoms with Crippen molar-refractivity contribution >= 4 is 10.9 Å². The average molecular weight is 324 g/mol. The van der Waals surface area contributed by atoms with Crippen molar-refractivity contribution in [3.8, 4) is 0 Å². The zero-order valence-electron chi connectivity index (χ0n) is 13.8. The van der Waals surface area contributed by atoms with Gasteiger partial charge in [-0.2, -0.15) is 4.98 Å². The summed E-state index contributed by atoms with van der Waals surface area (Å²) in [5, 5.41) is 15.2. The van der Waals surface area contributed by atoms with E-state index in [0.29, 0.717) is 31.2 Å². The number of hydrogen-bond acceptors (Lipinski definition) is 6. The molecule has 1 aliphatic heterocycles. The van der Waals surface area contributed by atoms with Gasteiger partial charge in [-0.15, -0.1) is 0 Å². The second kappa shape index (κ2) is 5.96. The number of likely N-dealkylation sites (tertiary alicyclic amines) is 1. The third-order valence-corrected chi connectivity index (χ3v) is 4.51. The Morgan fingerprint density at radius 3 is 2.88 bits per heavy atom. The molecule has 0 amide bonds. The summed E-state index contributed by atoms with van der Waals surface area (Å²) in [7, 11) is 0. The number of para-hydroxylation sites is 1. The van der Waals surface area contributed by atoms with E-state index in [9.17, 15) is 5.11 Å². The van der Waals surface area contributed by atoms with Gasteiger partial charge in [-0.25, -0.2) is 0 Å². The van der Waals surface area contributed by atoms with Gasteiger partial charge in [-0.05, 0) is 38.0 Å². The standard InChI is InChI=1S/C18H20N4O2/c1-11-7-13(15-5-3-4-6-16(15)19-11)9-22-10-14(23)8-17(22)18-20-12(2)21-24-18/h3-7,14,17,23H,8-10H2,1-2H3/t14-,17-/m1/s1. The van der Waals surface area contributed by atoms with Crippen molar-refractivity contribution in [1.29, 1.82) is 0 Å². The summed E-state index contributed by atoms with van der Waals surface area (Å²) in [5.41, 5.74) is 3.19. The fourth-order valence-corrected chi connectivity index (χ4v) is 3.50. The molecule has 6 heteroatoms. The van der Waals surface area contributed by atoms with Crippen molar-refractivity contribution in [2.45, 2.75) is 39.0 Å². The summed E-state index contributed by atoms with van der Waals surface area (Å²) in [4.78, 5) is 11.2. The quantitative estimate of drug-likeness (QED) is 0.798. The number of nitrogens with zero attached hydrogens (tertiary/aromatic N) is 4. The molecule has 0 radical (unpaired) electrons. The highest BCUT2D eigenvalue weighted by Gasteiger charge is 2.35. The lowest BCUT2D eigenvalue weighted by Gasteiger charge is -2.22. The minimum absolute atomic E-state index is 0.0477. The Labute approximate surface area is 140 Å². The highest BCUT2D eigenvalue weighted by Crippen LogP contribution is 2.33. The SMILES string of the molecule is Cc1cc(CN2C[C@H](O)C[C@@H]2c2nc(C)no2)c2ccccc2n1. The van der Waals surface area contributed by atoms with E-state index < -0.39 is 0 Å². The average Bonchev–Trinajstić information content (AvgIpc) is 3.13. The maximum atomic E-state index is 10.1. The predicted molar refractivity (Wildman–Crippen MR) is 89.3 cm³/mol. The summed E-state index contributed by atoms with van der Waals surface area (Å²) < 4.78 is 5.35. The molecule has 2 aromatic heterocycles. The van der Waals surface area contributed by atoms with Crippen LogP contribution in [-0.4, -0.2) is 37.8 Å². The number of aromatic nitrogens is 3. The Morgan fingerprint density at radius 2 is 2.08 bits per heavy atom. The van der Waals surface area contributed by atoms with E-state index in [-0.39, 0.29) is 12.1 Å². The van der Waals surface area contributed by atoms with Crippen LogP contribution in [0.15, 0.2) is 34.9 Å². The highest BCUT2D eigenvalue weighted by molar-refractivity contribution is 5.82. The van der Waals surface area contributed by atoms with Crippen LogP contribution in [-0.2, 0) is 6.54 Å². The lowest BCUT2D eigenvalue weighted by Crippen LogP contribution is -2.24. The lowest BCUT2D eigenvalue weighted by atomic mass is 10.1. The van der Waals surface area contributed by atoms with E-state index in [1.54, 1.807) is 0 Å². The molecule has 3 heterocycles. The van der Waals surface area contributed by atoms with Gasteiger partial charge in [0, 0.05) is 24.2 Å². The van der Waals surface area contributed by atoms with Gasteiger partial charge in [-0.3, -0.25) is 9.88 Å². The van der Waals surface area contributed by atoms with Crippen molar-refractivity contribution in [3.05, 3.63) is 53.3 Å². The Bertz CT molecular complexity index is 876. The van der Waals surface area contributed by atoms with E-state index in [2.05, 4.69) is 32.2 Å². The minimum atomic E-state index is -0.378. The molecule has 1 aliphatic rings. The largest absolute Gasteiger partial charge is 0.392 e. The number of benzene rings is 1. The van der Waals surface area contributed by atoms with Gasteiger partial charge in [0.25, 0.3) is 0 Å². The van der Waals surface area contributed by atoms with E-state index >= 15 is 0 Å². The number of aliphatic hydroxyl groups is 1. The Balaban J connectivity index is 1.69. The van der Waals surface area contributed by atoms with Crippen molar-refractivity contribution in [2.24, 2.45) is 0 Å². The van der Waals surface area contributed by atoms with Crippen molar-refractivity contribution in [3.63, 3.8) is 0 Å². The van der Waals surface area contributed by atoms with E-state index in [1.165, 1.54) is 5.56 Å². The zero-order valence-corrected chi connectivity index (χ0v) is 13.8. The van der Waals surface area contributed by atoms with Crippen LogP contribution in [0.25, 0.3) is 10.9 Å². The molecule has 6 nitrogen and oxygen atoms in total. The molecule has 0 unspecified atom stereocenters. The molecule has 4 rings (SSSR count). The minimum Gasteiger partial charge on any atom is -0.392 e. The van der Waals surface area contributed by atoms with Gasteiger partial charge >= 0.3 is 0 Å². The molecule has 1 aromatic carbocycles. The van der Waals surface area contributed by atoms with Crippen LogP contribution < -0.4 is 0 Å². The number of β-amino-alcohol motifs (C(OH)–C–C–N with tert-alkyl or cyclic N) is 1. The van der Waals surface area contributed by atoms with Crippen molar-refractivity contribution < 1.29 is 9.63 Å². The molecule has 0 spiro atoms. The first kappa shape index (κ1) is 15.2. The second-order valence-electron chi connectivity index (χ2n) is 6.45. The highest BCUT2D eigenvalue weighted by atomic mass is 16.5. The smallest absolute Gasteiger partial charge is 0.244 e. The van der Waals surface area contributed by atoms with Gasteiger partial charge in [-0.1, -0.05) is 23.4 Å². The number of hydrogen-bond donors (Lipinski definition) is 1. The van der Waals surface area contributed by atoms with Gasteiger partial charge < -0.3 is 9.63 Å². The molecule has 2 atom stereocenters. The second-order valence-corrected chi connectivity index (χ2v) is 6.45. The molecular weight excluding hydrogens is 304 g/mol. The Morgan fingerprint density at radius 1 is 1.25 bits per heavy atom. The topological polar surface area (TPSA) is 75.3 Å². The van der Waals surface area contributed by atoms with Crippen LogP contribution in [0.1, 0.15) is 35.4 Å². The molecule has 0 aliphatic carbocycles. The molecular formula is C18H20N4O2. The van der Waals surface area contributed by atoms with Gasteiger partial charge in [0.05, 0.1) is 17.7 Å². The Hall–Kier alpha value is -2.31. The van der Waals surface area contributed by atoms with Crippen LogP contribution >= 0.6 is 0 Å². The van der Waals surface area contributed by atoms with Gasteiger partial charge in [0.1, 0.15) is 0 Å². The maximum absolute atomic E-state index is 10.1. The van der Waals surface area contributed by atoms with Gasteiger partial charge in [0.15, 0.2) is 5.82 Å². The fourth-order valence-electron chi connectivity index (χ4n) is 3.50. The normalized spacial score (nSPS) is 21.6. The third-order valence-electron chi connectivity index (χ3n) is 4.51.